The monoisotopic (exact) mass is 271 g/mol. The highest BCUT2D eigenvalue weighted by Gasteiger charge is 2.09. The third-order valence-electron chi connectivity index (χ3n) is 2.88. The molecule has 104 valence electrons. The maximum Gasteiger partial charge on any atom is 0.0591 e. The Morgan fingerprint density at radius 1 is 1.28 bits per heavy atom. The molecular weight excluding hydrogens is 246 g/mol. The smallest absolute Gasteiger partial charge is 0.0591 e. The van der Waals surface area contributed by atoms with E-state index in [0.29, 0.717) is 6.04 Å². The number of ether oxygens (including phenoxy) is 2. The van der Waals surface area contributed by atoms with Crippen molar-refractivity contribution in [3.8, 4) is 0 Å². The summed E-state index contributed by atoms with van der Waals surface area (Å²) in [5.74, 6) is 0. The maximum atomic E-state index is 5.52. The van der Waals surface area contributed by atoms with Gasteiger partial charge >= 0.3 is 0 Å². The number of methoxy groups -OCH3 is 1. The summed E-state index contributed by atoms with van der Waals surface area (Å²) in [4.78, 5) is 2.79. The molecule has 0 aliphatic carbocycles. The van der Waals surface area contributed by atoms with Gasteiger partial charge in [0.15, 0.2) is 0 Å². The fraction of sp³-hybridized carbons (Fsp3) is 0.714. The van der Waals surface area contributed by atoms with Gasteiger partial charge in [0.05, 0.1) is 6.61 Å². The molecule has 0 saturated carbocycles. The fourth-order valence-corrected chi connectivity index (χ4v) is 2.97. The van der Waals surface area contributed by atoms with Gasteiger partial charge in [-0.2, -0.15) is 0 Å². The minimum absolute atomic E-state index is 0.400. The molecule has 1 atom stereocenters. The first-order valence-corrected chi connectivity index (χ1v) is 7.33. The number of nitrogens with one attached hydrogen (secondary N) is 1. The molecule has 0 radical (unpaired) electrons. The van der Waals surface area contributed by atoms with Crippen molar-refractivity contribution in [1.29, 1.82) is 0 Å². The molecule has 1 aromatic heterocycles. The Morgan fingerprint density at radius 2 is 2.06 bits per heavy atom. The molecule has 0 fully saturated rings. The van der Waals surface area contributed by atoms with Gasteiger partial charge in [-0.1, -0.05) is 0 Å². The van der Waals surface area contributed by atoms with Crippen LogP contribution in [0.3, 0.4) is 0 Å². The van der Waals surface area contributed by atoms with Gasteiger partial charge < -0.3 is 14.8 Å². The first kappa shape index (κ1) is 15.6. The van der Waals surface area contributed by atoms with Gasteiger partial charge in [-0.3, -0.25) is 0 Å². The Bertz CT molecular complexity index is 339. The molecule has 0 saturated heterocycles. The number of hydrogen-bond donors (Lipinski definition) is 1. The van der Waals surface area contributed by atoms with Crippen molar-refractivity contribution < 1.29 is 9.47 Å². The Balaban J connectivity index is 2.14. The van der Waals surface area contributed by atoms with Crippen molar-refractivity contribution in [1.82, 2.24) is 5.32 Å². The lowest BCUT2D eigenvalue weighted by Crippen LogP contribution is -2.23. The molecule has 0 bridgehead atoms. The van der Waals surface area contributed by atoms with Crippen molar-refractivity contribution in [3.05, 3.63) is 21.4 Å². The van der Waals surface area contributed by atoms with Crippen molar-refractivity contribution in [2.24, 2.45) is 0 Å². The second-order valence-electron chi connectivity index (χ2n) is 4.50. The summed E-state index contributed by atoms with van der Waals surface area (Å²) in [7, 11) is 1.72. The van der Waals surface area contributed by atoms with E-state index in [2.05, 4.69) is 32.2 Å². The lowest BCUT2D eigenvalue weighted by Gasteiger charge is -2.14. The van der Waals surface area contributed by atoms with Crippen LogP contribution < -0.4 is 5.32 Å². The quantitative estimate of drug-likeness (QED) is 0.700. The average molecular weight is 271 g/mol. The van der Waals surface area contributed by atoms with Crippen LogP contribution in [-0.2, 0) is 9.47 Å². The van der Waals surface area contributed by atoms with Gasteiger partial charge in [0.1, 0.15) is 0 Å². The molecular formula is C14H25NO2S. The maximum absolute atomic E-state index is 5.52. The zero-order chi connectivity index (χ0) is 13.4. The van der Waals surface area contributed by atoms with E-state index in [1.54, 1.807) is 7.11 Å². The molecule has 0 aliphatic rings. The Hall–Kier alpha value is -0.420. The molecule has 1 unspecified atom stereocenters. The first-order chi connectivity index (χ1) is 8.65. The molecule has 1 rings (SSSR count). The Labute approximate surface area is 114 Å². The van der Waals surface area contributed by atoms with E-state index in [-0.39, 0.29) is 0 Å². The SMILES string of the molecule is COCCCOCCNC(C)c1cc(C)sc1C. The van der Waals surface area contributed by atoms with E-state index in [4.69, 9.17) is 9.47 Å². The lowest BCUT2D eigenvalue weighted by molar-refractivity contribution is 0.103. The van der Waals surface area contributed by atoms with Crippen molar-refractivity contribution >= 4 is 11.3 Å². The third-order valence-corrected chi connectivity index (χ3v) is 3.86. The fourth-order valence-electron chi connectivity index (χ4n) is 1.95. The summed E-state index contributed by atoms with van der Waals surface area (Å²) >= 11 is 1.87. The van der Waals surface area contributed by atoms with Gasteiger partial charge in [-0.05, 0) is 38.8 Å². The lowest BCUT2D eigenvalue weighted by atomic mass is 10.1. The van der Waals surface area contributed by atoms with Crippen LogP contribution in [0.15, 0.2) is 6.07 Å². The molecule has 18 heavy (non-hydrogen) atoms. The molecule has 3 nitrogen and oxygen atoms in total. The summed E-state index contributed by atoms with van der Waals surface area (Å²) in [6.07, 6.45) is 0.967. The molecule has 1 heterocycles. The van der Waals surface area contributed by atoms with Crippen LogP contribution in [0.4, 0.5) is 0 Å². The topological polar surface area (TPSA) is 30.5 Å². The highest BCUT2D eigenvalue weighted by Crippen LogP contribution is 2.25. The van der Waals surface area contributed by atoms with Crippen LogP contribution in [0.2, 0.25) is 0 Å². The standard InChI is InChI=1S/C14H25NO2S/c1-11-10-14(13(3)18-11)12(2)15-6-9-17-8-5-7-16-4/h10,12,15H,5-9H2,1-4H3. The second-order valence-corrected chi connectivity index (χ2v) is 5.96. The number of thiophene rings is 1. The van der Waals surface area contributed by atoms with Gasteiger partial charge in [-0.25, -0.2) is 0 Å². The summed E-state index contributed by atoms with van der Waals surface area (Å²) in [6, 6.07) is 2.68. The summed E-state index contributed by atoms with van der Waals surface area (Å²) < 4.78 is 10.5. The van der Waals surface area contributed by atoms with E-state index in [9.17, 15) is 0 Å². The van der Waals surface area contributed by atoms with E-state index < -0.39 is 0 Å². The zero-order valence-electron chi connectivity index (χ0n) is 11.9. The average Bonchev–Trinajstić information content (AvgIpc) is 2.67. The minimum Gasteiger partial charge on any atom is -0.385 e. The highest BCUT2D eigenvalue weighted by molar-refractivity contribution is 7.12. The number of rotatable bonds is 9. The molecule has 0 spiro atoms. The van der Waals surface area contributed by atoms with E-state index in [0.717, 1.165) is 32.8 Å². The van der Waals surface area contributed by atoms with Crippen molar-refractivity contribution in [3.63, 3.8) is 0 Å². The molecule has 0 aliphatic heterocycles. The predicted molar refractivity (Wildman–Crippen MR) is 77.5 cm³/mol. The van der Waals surface area contributed by atoms with Crippen LogP contribution in [0, 0.1) is 13.8 Å². The van der Waals surface area contributed by atoms with Crippen LogP contribution in [0.25, 0.3) is 0 Å². The first-order valence-electron chi connectivity index (χ1n) is 6.52. The molecule has 4 heteroatoms. The number of hydrogen-bond acceptors (Lipinski definition) is 4. The van der Waals surface area contributed by atoms with Crippen molar-refractivity contribution in [2.45, 2.75) is 33.2 Å². The van der Waals surface area contributed by atoms with E-state index in [1.165, 1.54) is 15.3 Å². The summed E-state index contributed by atoms with van der Waals surface area (Å²) in [5, 5.41) is 3.49. The Kier molecular flexibility index (Phi) is 7.51. The van der Waals surface area contributed by atoms with E-state index >= 15 is 0 Å². The van der Waals surface area contributed by atoms with Crippen LogP contribution >= 0.6 is 11.3 Å². The van der Waals surface area contributed by atoms with Gasteiger partial charge in [0.2, 0.25) is 0 Å². The van der Waals surface area contributed by atoms with Gasteiger partial charge in [-0.15, -0.1) is 11.3 Å². The largest absolute Gasteiger partial charge is 0.385 e. The second kappa shape index (κ2) is 8.64. The van der Waals surface area contributed by atoms with Gasteiger partial charge in [0, 0.05) is 42.7 Å². The number of aryl methyl sites for hydroxylation is 2. The highest BCUT2D eigenvalue weighted by atomic mass is 32.1. The normalized spacial score (nSPS) is 12.9. The molecule has 0 amide bonds. The van der Waals surface area contributed by atoms with Crippen LogP contribution in [-0.4, -0.2) is 33.5 Å². The van der Waals surface area contributed by atoms with Crippen LogP contribution in [0.5, 0.6) is 0 Å². The zero-order valence-corrected chi connectivity index (χ0v) is 12.7. The molecule has 1 N–H and O–H groups in total. The van der Waals surface area contributed by atoms with E-state index in [1.807, 2.05) is 11.3 Å². The Morgan fingerprint density at radius 3 is 2.67 bits per heavy atom. The molecule has 1 aromatic rings. The molecule has 0 aromatic carbocycles. The van der Waals surface area contributed by atoms with Crippen LogP contribution in [0.1, 0.15) is 34.7 Å². The van der Waals surface area contributed by atoms with Crippen molar-refractivity contribution in [2.75, 3.05) is 33.5 Å². The minimum atomic E-state index is 0.400. The third kappa shape index (κ3) is 5.48. The summed E-state index contributed by atoms with van der Waals surface area (Å²) in [5.41, 5.74) is 1.41. The predicted octanol–water partition coefficient (Wildman–Crippen LogP) is 3.07. The summed E-state index contributed by atoms with van der Waals surface area (Å²) in [6.45, 7) is 9.76. The van der Waals surface area contributed by atoms with Gasteiger partial charge in [0.25, 0.3) is 0 Å².